The Bertz CT molecular complexity index is 1520. The van der Waals surface area contributed by atoms with E-state index in [1.165, 1.54) is 24.3 Å². The molecule has 1 aliphatic rings. The molecular formula is C28H23F3N2O5. The van der Waals surface area contributed by atoms with Crippen molar-refractivity contribution < 1.29 is 36.9 Å². The number of amides is 1. The van der Waals surface area contributed by atoms with E-state index >= 15 is 0 Å². The van der Waals surface area contributed by atoms with Crippen molar-refractivity contribution in [1.82, 2.24) is 9.88 Å². The second-order valence-electron chi connectivity index (χ2n) is 8.62. The molecule has 0 bridgehead atoms. The molecule has 0 saturated heterocycles. The van der Waals surface area contributed by atoms with Crippen LogP contribution in [0.25, 0.3) is 22.0 Å². The quantitative estimate of drug-likeness (QED) is 0.296. The smallest absolute Gasteiger partial charge is 0.497 e. The number of carbonyl (C=O) groups excluding carboxylic acids is 1. The molecule has 0 saturated carbocycles. The Morgan fingerprint density at radius 1 is 0.868 bits per heavy atom. The number of pyridine rings is 1. The van der Waals surface area contributed by atoms with Gasteiger partial charge in [0.05, 0.1) is 26.8 Å². The van der Waals surface area contributed by atoms with Gasteiger partial charge >= 0.3 is 6.36 Å². The van der Waals surface area contributed by atoms with Crippen LogP contribution in [0.15, 0.2) is 60.7 Å². The highest BCUT2D eigenvalue weighted by molar-refractivity contribution is 6.06. The van der Waals surface area contributed by atoms with E-state index in [9.17, 15) is 18.0 Å². The lowest BCUT2D eigenvalue weighted by Gasteiger charge is -2.17. The first-order valence-electron chi connectivity index (χ1n) is 11.6. The van der Waals surface area contributed by atoms with E-state index in [2.05, 4.69) is 9.72 Å². The van der Waals surface area contributed by atoms with Gasteiger partial charge in [0, 0.05) is 24.0 Å². The Labute approximate surface area is 216 Å². The van der Waals surface area contributed by atoms with Crippen molar-refractivity contribution in [3.63, 3.8) is 0 Å². The van der Waals surface area contributed by atoms with Crippen molar-refractivity contribution in [3.8, 4) is 34.1 Å². The van der Waals surface area contributed by atoms with Gasteiger partial charge in [-0.2, -0.15) is 0 Å². The molecule has 0 spiro atoms. The number of nitrogens with zero attached hydrogens (tertiary/aromatic N) is 2. The van der Waals surface area contributed by atoms with Gasteiger partial charge in [-0.1, -0.05) is 18.2 Å². The summed E-state index contributed by atoms with van der Waals surface area (Å²) in [6, 6.07) is 16.3. The average molecular weight is 524 g/mol. The average Bonchev–Trinajstić information content (AvgIpc) is 3.20. The van der Waals surface area contributed by atoms with Crippen LogP contribution in [0.4, 0.5) is 13.2 Å². The predicted octanol–water partition coefficient (Wildman–Crippen LogP) is 5.98. The van der Waals surface area contributed by atoms with Gasteiger partial charge in [-0.15, -0.1) is 13.2 Å². The summed E-state index contributed by atoms with van der Waals surface area (Å²) >= 11 is 0. The summed E-state index contributed by atoms with van der Waals surface area (Å²) in [6.07, 6.45) is -4.80. The molecular weight excluding hydrogens is 501 g/mol. The van der Waals surface area contributed by atoms with Crippen molar-refractivity contribution in [2.24, 2.45) is 0 Å². The van der Waals surface area contributed by atoms with Crippen LogP contribution in [0, 0.1) is 0 Å². The summed E-state index contributed by atoms with van der Waals surface area (Å²) in [6.45, 7) is 0.561. The molecule has 196 valence electrons. The van der Waals surface area contributed by atoms with Crippen LogP contribution in [0.2, 0.25) is 0 Å². The molecule has 10 heteroatoms. The van der Waals surface area contributed by atoms with Crippen molar-refractivity contribution in [2.75, 3.05) is 21.3 Å². The lowest BCUT2D eigenvalue weighted by atomic mass is 9.95. The van der Waals surface area contributed by atoms with Crippen LogP contribution in [0.1, 0.15) is 21.6 Å². The Morgan fingerprint density at radius 2 is 1.58 bits per heavy atom. The van der Waals surface area contributed by atoms with E-state index in [0.29, 0.717) is 57.1 Å². The van der Waals surface area contributed by atoms with Crippen LogP contribution in [0.3, 0.4) is 0 Å². The minimum atomic E-state index is -4.80. The summed E-state index contributed by atoms with van der Waals surface area (Å²) in [5, 5.41) is 0.716. The van der Waals surface area contributed by atoms with Crippen molar-refractivity contribution in [2.45, 2.75) is 19.5 Å². The number of methoxy groups -OCH3 is 3. The largest absolute Gasteiger partial charge is 0.573 e. The summed E-state index contributed by atoms with van der Waals surface area (Å²) in [7, 11) is 4.63. The molecule has 5 rings (SSSR count). The molecule has 0 unspecified atom stereocenters. The normalized spacial score (nSPS) is 13.0. The zero-order chi connectivity index (χ0) is 27.0. The topological polar surface area (TPSA) is 70.1 Å². The Kier molecular flexibility index (Phi) is 6.48. The number of hydrogen-bond acceptors (Lipinski definition) is 6. The lowest BCUT2D eigenvalue weighted by molar-refractivity contribution is -0.274. The fourth-order valence-corrected chi connectivity index (χ4v) is 4.63. The standard InChI is InChI=1S/C28H23F3N2O5/c1-35-19-9-10-22-20(13-19)25(17-5-7-18(8-6-17)38-28(29,30)31)21-15-33(27(34)26(21)32-22)14-16-4-11-23(36-2)24(12-16)37-3/h4-13H,14-15H2,1-3H3. The SMILES string of the molecule is COc1ccc2nc3c(c(-c4ccc(OC(F)(F)F)cc4)c2c1)CN(Cc1ccc(OC)c(OC)c1)C3=O. The number of alkyl halides is 3. The third-order valence-corrected chi connectivity index (χ3v) is 6.33. The summed E-state index contributed by atoms with van der Waals surface area (Å²) in [5.74, 6) is 1.14. The molecule has 4 aromatic rings. The molecule has 1 aromatic heterocycles. The summed E-state index contributed by atoms with van der Waals surface area (Å²) < 4.78 is 58.2. The Morgan fingerprint density at radius 3 is 2.24 bits per heavy atom. The first-order valence-corrected chi connectivity index (χ1v) is 11.6. The van der Waals surface area contributed by atoms with Crippen LogP contribution in [-0.2, 0) is 13.1 Å². The predicted molar refractivity (Wildman–Crippen MR) is 134 cm³/mol. The molecule has 2 heterocycles. The summed E-state index contributed by atoms with van der Waals surface area (Å²) in [4.78, 5) is 19.8. The van der Waals surface area contributed by atoms with Gasteiger partial charge in [0.25, 0.3) is 5.91 Å². The molecule has 1 amide bonds. The van der Waals surface area contributed by atoms with Gasteiger partial charge < -0.3 is 23.8 Å². The number of rotatable bonds is 7. The molecule has 0 radical (unpaired) electrons. The number of ether oxygens (including phenoxy) is 4. The Hall–Kier alpha value is -4.47. The van der Waals surface area contributed by atoms with E-state index in [1.54, 1.807) is 50.5 Å². The van der Waals surface area contributed by atoms with Crippen LogP contribution >= 0.6 is 0 Å². The van der Waals surface area contributed by atoms with Gasteiger partial charge in [0.2, 0.25) is 0 Å². The highest BCUT2D eigenvalue weighted by Gasteiger charge is 2.34. The molecule has 1 aliphatic heterocycles. The minimum Gasteiger partial charge on any atom is -0.497 e. The first kappa shape index (κ1) is 25.2. The zero-order valence-electron chi connectivity index (χ0n) is 20.8. The van der Waals surface area contributed by atoms with Crippen molar-refractivity contribution in [3.05, 3.63) is 77.5 Å². The van der Waals surface area contributed by atoms with Crippen molar-refractivity contribution in [1.29, 1.82) is 0 Å². The number of fused-ring (bicyclic) bond motifs is 2. The number of hydrogen-bond donors (Lipinski definition) is 0. The minimum absolute atomic E-state index is 0.245. The monoisotopic (exact) mass is 524 g/mol. The van der Waals surface area contributed by atoms with Gasteiger partial charge in [-0.05, 0) is 59.2 Å². The number of carbonyl (C=O) groups is 1. The zero-order valence-corrected chi connectivity index (χ0v) is 20.8. The molecule has 7 nitrogen and oxygen atoms in total. The third-order valence-electron chi connectivity index (χ3n) is 6.33. The number of benzene rings is 3. The fraction of sp³-hybridized carbons (Fsp3) is 0.214. The Balaban J connectivity index is 1.58. The van der Waals surface area contributed by atoms with Gasteiger partial charge in [0.15, 0.2) is 11.5 Å². The fourth-order valence-electron chi connectivity index (χ4n) is 4.63. The van der Waals surface area contributed by atoms with E-state index < -0.39 is 6.36 Å². The van der Waals surface area contributed by atoms with Crippen LogP contribution in [0.5, 0.6) is 23.0 Å². The van der Waals surface area contributed by atoms with Gasteiger partial charge in [0.1, 0.15) is 17.2 Å². The van der Waals surface area contributed by atoms with Crippen LogP contribution < -0.4 is 18.9 Å². The maximum Gasteiger partial charge on any atom is 0.573 e. The molecule has 0 aliphatic carbocycles. The van der Waals surface area contributed by atoms with Gasteiger partial charge in [-0.3, -0.25) is 4.79 Å². The molecule has 0 N–H and O–H groups in total. The van der Waals surface area contributed by atoms with E-state index in [0.717, 1.165) is 5.56 Å². The van der Waals surface area contributed by atoms with E-state index in [-0.39, 0.29) is 18.2 Å². The maximum absolute atomic E-state index is 13.5. The van der Waals surface area contributed by atoms with Crippen molar-refractivity contribution >= 4 is 16.8 Å². The maximum atomic E-state index is 13.5. The molecule has 3 aromatic carbocycles. The van der Waals surface area contributed by atoms with Gasteiger partial charge in [-0.25, -0.2) is 4.98 Å². The number of aromatic nitrogens is 1. The highest BCUT2D eigenvalue weighted by atomic mass is 19.4. The molecule has 0 fully saturated rings. The van der Waals surface area contributed by atoms with Crippen LogP contribution in [-0.4, -0.2) is 43.5 Å². The lowest BCUT2D eigenvalue weighted by Crippen LogP contribution is -2.23. The van der Waals surface area contributed by atoms with E-state index in [1.807, 2.05) is 12.1 Å². The first-order chi connectivity index (χ1) is 18.2. The second kappa shape index (κ2) is 9.77. The third kappa shape index (κ3) is 4.77. The second-order valence-corrected chi connectivity index (χ2v) is 8.62. The molecule has 38 heavy (non-hydrogen) atoms. The van der Waals surface area contributed by atoms with E-state index in [4.69, 9.17) is 14.2 Å². The highest BCUT2D eigenvalue weighted by Crippen LogP contribution is 2.40. The summed E-state index contributed by atoms with van der Waals surface area (Å²) in [5.41, 5.74) is 3.71. The number of halogens is 3. The molecule has 0 atom stereocenters.